The van der Waals surface area contributed by atoms with Crippen LogP contribution in [-0.2, 0) is 11.2 Å². The van der Waals surface area contributed by atoms with Crippen LogP contribution in [0, 0.1) is 5.92 Å². The van der Waals surface area contributed by atoms with Crippen molar-refractivity contribution in [2.75, 3.05) is 11.4 Å². The lowest BCUT2D eigenvalue weighted by Crippen LogP contribution is -2.47. The molecular formula is C16H22ClNO. The Hall–Kier alpha value is -1.02. The van der Waals surface area contributed by atoms with Crippen molar-refractivity contribution in [2.24, 2.45) is 5.92 Å². The van der Waals surface area contributed by atoms with Crippen molar-refractivity contribution in [1.82, 2.24) is 0 Å². The van der Waals surface area contributed by atoms with Crippen LogP contribution >= 0.6 is 11.6 Å². The molecule has 0 radical (unpaired) electrons. The summed E-state index contributed by atoms with van der Waals surface area (Å²) in [5.41, 5.74) is 2.46. The topological polar surface area (TPSA) is 20.3 Å². The van der Waals surface area contributed by atoms with E-state index in [2.05, 4.69) is 24.8 Å². The molecule has 19 heavy (non-hydrogen) atoms. The number of nitrogens with zero attached hydrogens (tertiary/aromatic N) is 1. The summed E-state index contributed by atoms with van der Waals surface area (Å²) in [6.07, 6.45) is 2.74. The third-order valence-corrected chi connectivity index (χ3v) is 4.08. The predicted octanol–water partition coefficient (Wildman–Crippen LogP) is 4.10. The lowest BCUT2D eigenvalue weighted by atomic mass is 9.92. The number of Topliss-reactive ketones (excluding diaryl/α,β-unsaturated/α-hetero) is 1. The number of hydrogen-bond donors (Lipinski definition) is 0. The maximum atomic E-state index is 12.3. The molecule has 1 aliphatic rings. The van der Waals surface area contributed by atoms with Crippen LogP contribution in [0.3, 0.4) is 0 Å². The first-order valence-electron chi connectivity index (χ1n) is 7.12. The van der Waals surface area contributed by atoms with E-state index in [1.807, 2.05) is 19.1 Å². The average Bonchev–Trinajstić information content (AvgIpc) is 2.38. The van der Waals surface area contributed by atoms with Crippen molar-refractivity contribution >= 4 is 23.1 Å². The Balaban J connectivity index is 2.38. The van der Waals surface area contributed by atoms with E-state index in [9.17, 15) is 4.79 Å². The van der Waals surface area contributed by atoms with Gasteiger partial charge in [-0.15, -0.1) is 0 Å². The number of hydrogen-bond acceptors (Lipinski definition) is 2. The summed E-state index contributed by atoms with van der Waals surface area (Å²) >= 11 is 6.07. The Labute approximate surface area is 120 Å². The molecular weight excluding hydrogens is 258 g/mol. The third kappa shape index (κ3) is 2.94. The zero-order valence-electron chi connectivity index (χ0n) is 11.9. The van der Waals surface area contributed by atoms with E-state index >= 15 is 0 Å². The average molecular weight is 280 g/mol. The molecule has 0 saturated heterocycles. The van der Waals surface area contributed by atoms with E-state index in [-0.39, 0.29) is 6.04 Å². The van der Waals surface area contributed by atoms with Crippen LogP contribution in [0.5, 0.6) is 0 Å². The Kier molecular flexibility index (Phi) is 4.51. The lowest BCUT2D eigenvalue weighted by Gasteiger charge is -2.39. The normalized spacial score (nSPS) is 16.4. The quantitative estimate of drug-likeness (QED) is 0.827. The molecule has 0 saturated carbocycles. The van der Waals surface area contributed by atoms with E-state index < -0.39 is 0 Å². The van der Waals surface area contributed by atoms with E-state index in [4.69, 9.17) is 11.6 Å². The number of halogens is 1. The SMILES string of the molecule is CCC(=O)C(C(C)C)N1CCCc2cc(Cl)ccc21. The highest BCUT2D eigenvalue weighted by Gasteiger charge is 2.30. The number of ketones is 1. The van der Waals surface area contributed by atoms with Crippen LogP contribution in [0.2, 0.25) is 5.02 Å². The Morgan fingerprint density at radius 3 is 2.79 bits per heavy atom. The Morgan fingerprint density at radius 1 is 1.42 bits per heavy atom. The fourth-order valence-corrected chi connectivity index (χ4v) is 3.19. The number of anilines is 1. The van der Waals surface area contributed by atoms with Gasteiger partial charge in [0.1, 0.15) is 0 Å². The fourth-order valence-electron chi connectivity index (χ4n) is 3.00. The maximum Gasteiger partial charge on any atom is 0.155 e. The second kappa shape index (κ2) is 5.96. The second-order valence-electron chi connectivity index (χ2n) is 5.58. The van der Waals surface area contributed by atoms with Crippen LogP contribution in [-0.4, -0.2) is 18.4 Å². The van der Waals surface area contributed by atoms with Crippen molar-refractivity contribution in [1.29, 1.82) is 0 Å². The molecule has 2 rings (SSSR count). The summed E-state index contributed by atoms with van der Waals surface area (Å²) < 4.78 is 0. The number of carbonyl (C=O) groups excluding carboxylic acids is 1. The van der Waals surface area contributed by atoms with Gasteiger partial charge in [0.05, 0.1) is 6.04 Å². The van der Waals surface area contributed by atoms with Gasteiger partial charge in [-0.05, 0) is 42.5 Å². The monoisotopic (exact) mass is 279 g/mol. The molecule has 0 bridgehead atoms. The summed E-state index contributed by atoms with van der Waals surface area (Å²) in [7, 11) is 0. The molecule has 1 aliphatic heterocycles. The van der Waals surface area contributed by atoms with Crippen molar-refractivity contribution in [3.8, 4) is 0 Å². The van der Waals surface area contributed by atoms with E-state index in [0.717, 1.165) is 24.4 Å². The first-order chi connectivity index (χ1) is 9.04. The minimum absolute atomic E-state index is 0.00905. The van der Waals surface area contributed by atoms with E-state index in [1.54, 1.807) is 0 Å². The largest absolute Gasteiger partial charge is 0.361 e. The minimum atomic E-state index is -0.00905. The number of fused-ring (bicyclic) bond motifs is 1. The van der Waals surface area contributed by atoms with Crippen molar-refractivity contribution < 1.29 is 4.79 Å². The van der Waals surface area contributed by atoms with Gasteiger partial charge in [-0.1, -0.05) is 32.4 Å². The smallest absolute Gasteiger partial charge is 0.155 e. The molecule has 0 spiro atoms. The van der Waals surface area contributed by atoms with Gasteiger partial charge in [0.2, 0.25) is 0 Å². The molecule has 1 aromatic rings. The molecule has 1 atom stereocenters. The summed E-state index contributed by atoms with van der Waals surface area (Å²) in [6, 6.07) is 6.02. The van der Waals surface area contributed by atoms with Gasteiger partial charge in [0, 0.05) is 23.7 Å². The highest BCUT2D eigenvalue weighted by atomic mass is 35.5. The minimum Gasteiger partial charge on any atom is -0.361 e. The molecule has 1 unspecified atom stereocenters. The Bertz CT molecular complexity index is 470. The van der Waals surface area contributed by atoms with Gasteiger partial charge in [-0.25, -0.2) is 0 Å². The maximum absolute atomic E-state index is 12.3. The summed E-state index contributed by atoms with van der Waals surface area (Å²) in [5.74, 6) is 0.659. The molecule has 0 fully saturated rings. The molecule has 2 nitrogen and oxygen atoms in total. The highest BCUT2D eigenvalue weighted by Crippen LogP contribution is 2.33. The molecule has 104 valence electrons. The van der Waals surface area contributed by atoms with Gasteiger partial charge >= 0.3 is 0 Å². The molecule has 1 aromatic carbocycles. The molecule has 1 heterocycles. The summed E-state index contributed by atoms with van der Waals surface area (Å²) in [4.78, 5) is 14.5. The number of rotatable bonds is 4. The van der Waals surface area contributed by atoms with Crippen LogP contribution < -0.4 is 4.90 Å². The van der Waals surface area contributed by atoms with E-state index in [0.29, 0.717) is 18.1 Å². The standard InChI is InChI=1S/C16H22ClNO/c1-4-15(19)16(11(2)3)18-9-5-6-12-10-13(17)7-8-14(12)18/h7-8,10-11,16H,4-6,9H2,1-3H3. The molecule has 0 aliphatic carbocycles. The zero-order valence-corrected chi connectivity index (χ0v) is 12.7. The first kappa shape index (κ1) is 14.4. The molecule has 3 heteroatoms. The number of aryl methyl sites for hydroxylation is 1. The van der Waals surface area contributed by atoms with Crippen LogP contribution in [0.1, 0.15) is 39.2 Å². The summed E-state index contributed by atoms with van der Waals surface area (Å²) in [5, 5.41) is 0.781. The van der Waals surface area contributed by atoms with Crippen LogP contribution in [0.25, 0.3) is 0 Å². The van der Waals surface area contributed by atoms with Crippen molar-refractivity contribution in [3.05, 3.63) is 28.8 Å². The number of carbonyl (C=O) groups is 1. The van der Waals surface area contributed by atoms with Gasteiger partial charge in [0.25, 0.3) is 0 Å². The van der Waals surface area contributed by atoms with Gasteiger partial charge in [0.15, 0.2) is 5.78 Å². The Morgan fingerprint density at radius 2 is 2.16 bits per heavy atom. The van der Waals surface area contributed by atoms with Gasteiger partial charge in [-0.3, -0.25) is 4.79 Å². The first-order valence-corrected chi connectivity index (χ1v) is 7.50. The third-order valence-electron chi connectivity index (χ3n) is 3.84. The second-order valence-corrected chi connectivity index (χ2v) is 6.02. The van der Waals surface area contributed by atoms with Gasteiger partial charge < -0.3 is 4.90 Å². The number of benzene rings is 1. The van der Waals surface area contributed by atoms with Gasteiger partial charge in [-0.2, -0.15) is 0 Å². The molecule has 0 amide bonds. The van der Waals surface area contributed by atoms with Crippen LogP contribution in [0.15, 0.2) is 18.2 Å². The van der Waals surface area contributed by atoms with E-state index in [1.165, 1.54) is 11.3 Å². The molecule has 0 aromatic heterocycles. The lowest BCUT2D eigenvalue weighted by molar-refractivity contribution is -0.121. The van der Waals surface area contributed by atoms with Crippen LogP contribution in [0.4, 0.5) is 5.69 Å². The predicted molar refractivity (Wildman–Crippen MR) is 81.0 cm³/mol. The van der Waals surface area contributed by atoms with Crippen molar-refractivity contribution in [3.63, 3.8) is 0 Å². The van der Waals surface area contributed by atoms with Crippen molar-refractivity contribution in [2.45, 2.75) is 46.1 Å². The summed E-state index contributed by atoms with van der Waals surface area (Å²) in [6.45, 7) is 7.17. The zero-order chi connectivity index (χ0) is 14.0. The highest BCUT2D eigenvalue weighted by molar-refractivity contribution is 6.30. The fraction of sp³-hybridized carbons (Fsp3) is 0.562. The molecule has 0 N–H and O–H groups in total.